The van der Waals surface area contributed by atoms with Gasteiger partial charge in [0, 0.05) is 25.7 Å². The fourth-order valence-corrected chi connectivity index (χ4v) is 5.62. The number of hydrogen-bond donors (Lipinski definition) is 2. The molecule has 1 amide bonds. The molecule has 2 fully saturated rings. The lowest BCUT2D eigenvalue weighted by Gasteiger charge is -2.44. The molecule has 2 aromatic rings. The average Bonchev–Trinajstić information content (AvgIpc) is 3.37. The number of β-amino-alcohol motifs (C(OH)–C–C–N with tert-alkyl or cyclic N) is 1. The number of hydrogen-bond acceptors (Lipinski definition) is 5. The molecule has 1 atom stereocenters. The van der Waals surface area contributed by atoms with Crippen LogP contribution < -0.4 is 0 Å². The Hall–Kier alpha value is -2.90. The lowest BCUT2D eigenvalue weighted by atomic mass is 9.66. The third-order valence-corrected chi connectivity index (χ3v) is 7.49. The Labute approximate surface area is 186 Å². The van der Waals surface area contributed by atoms with Crippen molar-refractivity contribution >= 4 is 12.1 Å². The molecule has 0 saturated carbocycles. The highest BCUT2D eigenvalue weighted by atomic mass is 16.6. The van der Waals surface area contributed by atoms with Crippen LogP contribution in [0.4, 0.5) is 4.79 Å². The zero-order chi connectivity index (χ0) is 22.3. The number of likely N-dealkylation sites (tertiary alicyclic amines) is 1. The van der Waals surface area contributed by atoms with Gasteiger partial charge in [0.2, 0.25) is 0 Å². The molecule has 3 aliphatic rings. The number of amides is 1. The maximum Gasteiger partial charge on any atom is 0.409 e. The minimum atomic E-state index is -1.49. The molecule has 1 aliphatic carbocycles. The first-order valence-corrected chi connectivity index (χ1v) is 11.1. The maximum atomic E-state index is 12.9. The summed E-state index contributed by atoms with van der Waals surface area (Å²) in [5, 5.41) is 21.2. The van der Waals surface area contributed by atoms with Gasteiger partial charge in [-0.1, -0.05) is 48.5 Å². The van der Waals surface area contributed by atoms with E-state index in [0.717, 1.165) is 22.3 Å². The third kappa shape index (κ3) is 3.19. The number of benzene rings is 2. The standard InChI is InChI=1S/C25H27NO6/c27-22(28)24(10-13-31-14-11-24)25(30)9-12-26(16-25)23(29)32-15-21-19-7-3-1-5-17(19)18-6-2-4-8-20(18)21/h1-8,21,30H,9-16H2,(H,27,28). The first kappa shape index (κ1) is 21.0. The van der Waals surface area contributed by atoms with Gasteiger partial charge in [-0.15, -0.1) is 0 Å². The normalized spacial score (nSPS) is 24.1. The summed E-state index contributed by atoms with van der Waals surface area (Å²) >= 11 is 0. The quantitative estimate of drug-likeness (QED) is 0.762. The molecule has 2 aliphatic heterocycles. The second kappa shape index (κ2) is 7.90. The number of carbonyl (C=O) groups excluding carboxylic acids is 1. The van der Waals surface area contributed by atoms with E-state index in [1.807, 2.05) is 24.3 Å². The lowest BCUT2D eigenvalue weighted by Crippen LogP contribution is -2.57. The molecule has 7 heteroatoms. The minimum Gasteiger partial charge on any atom is -0.481 e. The molecule has 0 aromatic heterocycles. The Morgan fingerprint density at radius 3 is 2.19 bits per heavy atom. The Morgan fingerprint density at radius 1 is 1.00 bits per heavy atom. The molecule has 0 bridgehead atoms. The van der Waals surface area contributed by atoms with Gasteiger partial charge in [0.05, 0.1) is 6.54 Å². The first-order chi connectivity index (χ1) is 15.5. The number of carboxylic acid groups (broad SMARTS) is 1. The summed E-state index contributed by atoms with van der Waals surface area (Å²) in [6.07, 6.45) is 0.161. The SMILES string of the molecule is O=C(OCC1c2ccccc2-c2ccccc21)N1CCC(O)(C2(C(=O)O)CCOCC2)C1. The number of nitrogens with zero attached hydrogens (tertiary/aromatic N) is 1. The van der Waals surface area contributed by atoms with Crippen LogP contribution in [0.3, 0.4) is 0 Å². The van der Waals surface area contributed by atoms with Gasteiger partial charge in [0.25, 0.3) is 0 Å². The van der Waals surface area contributed by atoms with Crippen molar-refractivity contribution in [2.75, 3.05) is 32.9 Å². The van der Waals surface area contributed by atoms with Crippen molar-refractivity contribution in [3.8, 4) is 11.1 Å². The number of carbonyl (C=O) groups is 2. The van der Waals surface area contributed by atoms with E-state index >= 15 is 0 Å². The Bertz CT molecular complexity index is 1000. The second-order valence-electron chi connectivity index (χ2n) is 9.01. The summed E-state index contributed by atoms with van der Waals surface area (Å²) in [7, 11) is 0. The minimum absolute atomic E-state index is 0.0457. The van der Waals surface area contributed by atoms with Crippen molar-refractivity contribution in [1.29, 1.82) is 0 Å². The Balaban J connectivity index is 1.29. The van der Waals surface area contributed by atoms with Crippen LogP contribution in [0.5, 0.6) is 0 Å². The number of fused-ring (bicyclic) bond motifs is 3. The number of carboxylic acids is 1. The highest BCUT2D eigenvalue weighted by Gasteiger charge is 2.59. The molecule has 5 rings (SSSR count). The highest BCUT2D eigenvalue weighted by Crippen LogP contribution is 2.47. The molecule has 2 saturated heterocycles. The van der Waals surface area contributed by atoms with E-state index in [0.29, 0.717) is 13.2 Å². The van der Waals surface area contributed by atoms with Crippen LogP contribution in [0, 0.1) is 5.41 Å². The largest absolute Gasteiger partial charge is 0.481 e. The summed E-state index contributed by atoms with van der Waals surface area (Å²) < 4.78 is 11.0. The lowest BCUT2D eigenvalue weighted by molar-refractivity contribution is -0.181. The fourth-order valence-electron chi connectivity index (χ4n) is 5.62. The van der Waals surface area contributed by atoms with E-state index in [4.69, 9.17) is 9.47 Å². The van der Waals surface area contributed by atoms with Crippen molar-refractivity contribution in [3.05, 3.63) is 59.7 Å². The zero-order valence-electron chi connectivity index (χ0n) is 17.8. The van der Waals surface area contributed by atoms with Crippen molar-refractivity contribution in [2.24, 2.45) is 5.41 Å². The van der Waals surface area contributed by atoms with E-state index < -0.39 is 23.1 Å². The molecule has 168 valence electrons. The van der Waals surface area contributed by atoms with Gasteiger partial charge >= 0.3 is 12.1 Å². The molecule has 0 spiro atoms. The number of ether oxygens (including phenoxy) is 2. The van der Waals surface area contributed by atoms with Crippen LogP contribution >= 0.6 is 0 Å². The second-order valence-corrected chi connectivity index (χ2v) is 9.01. The van der Waals surface area contributed by atoms with Crippen molar-refractivity contribution < 1.29 is 29.3 Å². The summed E-state index contributed by atoms with van der Waals surface area (Å²) in [5.74, 6) is -1.08. The average molecular weight is 437 g/mol. The summed E-state index contributed by atoms with van der Waals surface area (Å²) in [4.78, 5) is 26.5. The van der Waals surface area contributed by atoms with E-state index in [-0.39, 0.29) is 44.9 Å². The topological polar surface area (TPSA) is 96.3 Å². The molecule has 2 N–H and O–H groups in total. The van der Waals surface area contributed by atoms with Crippen molar-refractivity contribution in [2.45, 2.75) is 30.8 Å². The zero-order valence-corrected chi connectivity index (χ0v) is 17.8. The van der Waals surface area contributed by atoms with Gasteiger partial charge in [-0.3, -0.25) is 4.79 Å². The van der Waals surface area contributed by atoms with Crippen LogP contribution in [-0.4, -0.2) is 65.7 Å². The summed E-state index contributed by atoms with van der Waals surface area (Å²) in [6.45, 7) is 0.998. The molecular weight excluding hydrogens is 410 g/mol. The van der Waals surface area contributed by atoms with Crippen molar-refractivity contribution in [1.82, 2.24) is 4.90 Å². The molecule has 2 heterocycles. The van der Waals surface area contributed by atoms with Crippen LogP contribution in [-0.2, 0) is 14.3 Å². The highest BCUT2D eigenvalue weighted by molar-refractivity contribution is 5.79. The smallest absolute Gasteiger partial charge is 0.409 e. The number of rotatable bonds is 4. The molecule has 1 unspecified atom stereocenters. The molecular formula is C25H27NO6. The van der Waals surface area contributed by atoms with Gasteiger partial charge in [-0.05, 0) is 41.5 Å². The monoisotopic (exact) mass is 437 g/mol. The molecule has 0 radical (unpaired) electrons. The summed E-state index contributed by atoms with van der Waals surface area (Å²) in [6, 6.07) is 16.3. The summed E-state index contributed by atoms with van der Waals surface area (Å²) in [5.41, 5.74) is 1.78. The number of aliphatic carboxylic acids is 1. The van der Waals surface area contributed by atoms with Gasteiger partial charge < -0.3 is 24.6 Å². The van der Waals surface area contributed by atoms with Crippen LogP contribution in [0.25, 0.3) is 11.1 Å². The van der Waals surface area contributed by atoms with Gasteiger partial charge in [0.1, 0.15) is 17.6 Å². The van der Waals surface area contributed by atoms with Gasteiger partial charge in [0.15, 0.2) is 0 Å². The van der Waals surface area contributed by atoms with E-state index in [1.54, 1.807) is 0 Å². The molecule has 7 nitrogen and oxygen atoms in total. The van der Waals surface area contributed by atoms with E-state index in [1.165, 1.54) is 4.90 Å². The number of aliphatic hydroxyl groups is 1. The predicted octanol–water partition coefficient (Wildman–Crippen LogP) is 3.25. The molecule has 2 aromatic carbocycles. The first-order valence-electron chi connectivity index (χ1n) is 11.1. The van der Waals surface area contributed by atoms with Crippen LogP contribution in [0.15, 0.2) is 48.5 Å². The molecule has 32 heavy (non-hydrogen) atoms. The Morgan fingerprint density at radius 2 is 1.59 bits per heavy atom. The third-order valence-electron chi connectivity index (χ3n) is 7.49. The van der Waals surface area contributed by atoms with E-state index in [9.17, 15) is 19.8 Å². The van der Waals surface area contributed by atoms with E-state index in [2.05, 4.69) is 24.3 Å². The predicted molar refractivity (Wildman–Crippen MR) is 116 cm³/mol. The van der Waals surface area contributed by atoms with Crippen molar-refractivity contribution in [3.63, 3.8) is 0 Å². The van der Waals surface area contributed by atoms with Crippen LogP contribution in [0.2, 0.25) is 0 Å². The van der Waals surface area contributed by atoms with Gasteiger partial charge in [-0.25, -0.2) is 4.79 Å². The van der Waals surface area contributed by atoms with Gasteiger partial charge in [-0.2, -0.15) is 0 Å². The van der Waals surface area contributed by atoms with Crippen LogP contribution in [0.1, 0.15) is 36.3 Å². The Kier molecular flexibility index (Phi) is 5.18. The maximum absolute atomic E-state index is 12.9. The fraction of sp³-hybridized carbons (Fsp3) is 0.440.